The van der Waals surface area contributed by atoms with Gasteiger partial charge in [-0.15, -0.1) is 0 Å². The number of rotatable bonds is 6. The summed E-state index contributed by atoms with van der Waals surface area (Å²) in [6, 6.07) is 0. The standard InChI is InChI=1S/C15H28N2O/c1-17(12-15(11-16)9-4-10-15)14(18)8-7-13-5-2-3-6-13/h13H,2-12,16H2,1H3. The Morgan fingerprint density at radius 1 is 1.28 bits per heavy atom. The molecular weight excluding hydrogens is 224 g/mol. The van der Waals surface area contributed by atoms with Crippen LogP contribution in [0.5, 0.6) is 0 Å². The van der Waals surface area contributed by atoms with Gasteiger partial charge in [0.25, 0.3) is 0 Å². The maximum Gasteiger partial charge on any atom is 0.222 e. The van der Waals surface area contributed by atoms with Crippen LogP contribution in [-0.4, -0.2) is 30.9 Å². The van der Waals surface area contributed by atoms with E-state index in [1.165, 1.54) is 44.9 Å². The summed E-state index contributed by atoms with van der Waals surface area (Å²) in [6.45, 7) is 1.60. The SMILES string of the molecule is CN(CC1(CN)CCC1)C(=O)CCC1CCCC1. The summed E-state index contributed by atoms with van der Waals surface area (Å²) in [4.78, 5) is 14.1. The van der Waals surface area contributed by atoms with Crippen molar-refractivity contribution >= 4 is 5.91 Å². The molecule has 0 aromatic rings. The Hall–Kier alpha value is -0.570. The first kappa shape index (κ1) is 13.9. The molecule has 0 heterocycles. The number of amides is 1. The van der Waals surface area contributed by atoms with Crippen molar-refractivity contribution in [1.29, 1.82) is 0 Å². The molecule has 2 saturated carbocycles. The zero-order valence-electron chi connectivity index (χ0n) is 11.8. The van der Waals surface area contributed by atoms with Gasteiger partial charge in [0.2, 0.25) is 5.91 Å². The molecule has 104 valence electrons. The predicted molar refractivity (Wildman–Crippen MR) is 74.2 cm³/mol. The summed E-state index contributed by atoms with van der Waals surface area (Å²) in [6.07, 6.45) is 10.9. The molecule has 0 bridgehead atoms. The van der Waals surface area contributed by atoms with E-state index in [0.717, 1.165) is 31.8 Å². The number of nitrogens with two attached hydrogens (primary N) is 1. The van der Waals surface area contributed by atoms with E-state index in [2.05, 4.69) is 0 Å². The second kappa shape index (κ2) is 6.05. The van der Waals surface area contributed by atoms with Gasteiger partial charge in [-0.1, -0.05) is 32.1 Å². The van der Waals surface area contributed by atoms with Crippen LogP contribution in [0.15, 0.2) is 0 Å². The van der Waals surface area contributed by atoms with Crippen molar-refractivity contribution in [2.75, 3.05) is 20.1 Å². The molecule has 2 fully saturated rings. The monoisotopic (exact) mass is 252 g/mol. The van der Waals surface area contributed by atoms with E-state index in [-0.39, 0.29) is 5.41 Å². The van der Waals surface area contributed by atoms with Crippen LogP contribution in [0.4, 0.5) is 0 Å². The predicted octanol–water partition coefficient (Wildman–Crippen LogP) is 2.54. The first-order valence-electron chi connectivity index (χ1n) is 7.59. The Morgan fingerprint density at radius 2 is 1.94 bits per heavy atom. The maximum absolute atomic E-state index is 12.1. The molecule has 2 aliphatic carbocycles. The highest BCUT2D eigenvalue weighted by Crippen LogP contribution is 2.40. The lowest BCUT2D eigenvalue weighted by molar-refractivity contribution is -0.132. The number of carbonyl (C=O) groups excluding carboxylic acids is 1. The molecule has 0 saturated heterocycles. The first-order chi connectivity index (χ1) is 8.65. The zero-order valence-corrected chi connectivity index (χ0v) is 11.8. The Bertz CT molecular complexity index is 275. The largest absolute Gasteiger partial charge is 0.345 e. The van der Waals surface area contributed by atoms with Crippen LogP contribution in [0.1, 0.15) is 57.8 Å². The van der Waals surface area contributed by atoms with Gasteiger partial charge in [-0.2, -0.15) is 0 Å². The fourth-order valence-corrected chi connectivity index (χ4v) is 3.51. The van der Waals surface area contributed by atoms with Crippen molar-refractivity contribution in [3.8, 4) is 0 Å². The van der Waals surface area contributed by atoms with Crippen molar-refractivity contribution in [3.05, 3.63) is 0 Å². The van der Waals surface area contributed by atoms with Gasteiger partial charge in [0.1, 0.15) is 0 Å². The lowest BCUT2D eigenvalue weighted by Gasteiger charge is -2.43. The Balaban J connectivity index is 1.70. The van der Waals surface area contributed by atoms with Crippen molar-refractivity contribution in [3.63, 3.8) is 0 Å². The number of hydrogen-bond donors (Lipinski definition) is 1. The summed E-state index contributed by atoms with van der Waals surface area (Å²) < 4.78 is 0. The normalized spacial score (nSPS) is 22.8. The highest BCUT2D eigenvalue weighted by molar-refractivity contribution is 5.75. The molecule has 0 spiro atoms. The van der Waals surface area contributed by atoms with Crippen LogP contribution >= 0.6 is 0 Å². The molecule has 0 atom stereocenters. The van der Waals surface area contributed by atoms with E-state index in [0.29, 0.717) is 5.91 Å². The molecule has 0 aliphatic heterocycles. The highest BCUT2D eigenvalue weighted by Gasteiger charge is 2.37. The van der Waals surface area contributed by atoms with Gasteiger partial charge in [0.15, 0.2) is 0 Å². The second-order valence-corrected chi connectivity index (χ2v) is 6.50. The Kier molecular flexibility index (Phi) is 4.66. The zero-order chi connectivity index (χ0) is 13.0. The molecule has 0 radical (unpaired) electrons. The van der Waals surface area contributed by atoms with Gasteiger partial charge >= 0.3 is 0 Å². The van der Waals surface area contributed by atoms with Gasteiger partial charge in [-0.05, 0) is 31.7 Å². The third kappa shape index (κ3) is 3.25. The lowest BCUT2D eigenvalue weighted by atomic mass is 9.68. The maximum atomic E-state index is 12.1. The lowest BCUT2D eigenvalue weighted by Crippen LogP contribution is -2.47. The number of carbonyl (C=O) groups is 1. The fourth-order valence-electron chi connectivity index (χ4n) is 3.51. The molecule has 2 rings (SSSR count). The van der Waals surface area contributed by atoms with Crippen LogP contribution in [0, 0.1) is 11.3 Å². The van der Waals surface area contributed by atoms with E-state index in [4.69, 9.17) is 5.73 Å². The average Bonchev–Trinajstić information content (AvgIpc) is 2.83. The van der Waals surface area contributed by atoms with Gasteiger partial charge in [-0.3, -0.25) is 4.79 Å². The third-order valence-electron chi connectivity index (χ3n) is 5.09. The van der Waals surface area contributed by atoms with E-state index in [1.807, 2.05) is 11.9 Å². The van der Waals surface area contributed by atoms with Crippen molar-refractivity contribution < 1.29 is 4.79 Å². The second-order valence-electron chi connectivity index (χ2n) is 6.50. The molecule has 1 amide bonds. The van der Waals surface area contributed by atoms with Gasteiger partial charge in [0.05, 0.1) is 0 Å². The summed E-state index contributed by atoms with van der Waals surface area (Å²) in [7, 11) is 1.95. The molecule has 0 aromatic carbocycles. The molecule has 2 N–H and O–H groups in total. The molecule has 3 heteroatoms. The average molecular weight is 252 g/mol. The minimum Gasteiger partial charge on any atom is -0.345 e. The Labute approximate surface area is 111 Å². The van der Waals surface area contributed by atoms with Gasteiger partial charge < -0.3 is 10.6 Å². The summed E-state index contributed by atoms with van der Waals surface area (Å²) in [5, 5.41) is 0. The van der Waals surface area contributed by atoms with Crippen LogP contribution in [0.3, 0.4) is 0 Å². The van der Waals surface area contributed by atoms with Crippen molar-refractivity contribution in [1.82, 2.24) is 4.90 Å². The summed E-state index contributed by atoms with van der Waals surface area (Å²) >= 11 is 0. The molecule has 0 aromatic heterocycles. The number of nitrogens with zero attached hydrogens (tertiary/aromatic N) is 1. The van der Waals surface area contributed by atoms with Crippen LogP contribution in [0.2, 0.25) is 0 Å². The van der Waals surface area contributed by atoms with Crippen LogP contribution < -0.4 is 5.73 Å². The van der Waals surface area contributed by atoms with Crippen LogP contribution in [-0.2, 0) is 4.79 Å². The summed E-state index contributed by atoms with van der Waals surface area (Å²) in [5.74, 6) is 1.14. The topological polar surface area (TPSA) is 46.3 Å². The molecular formula is C15H28N2O. The first-order valence-corrected chi connectivity index (χ1v) is 7.59. The highest BCUT2D eigenvalue weighted by atomic mass is 16.2. The quantitative estimate of drug-likeness (QED) is 0.789. The van der Waals surface area contributed by atoms with E-state index >= 15 is 0 Å². The smallest absolute Gasteiger partial charge is 0.222 e. The van der Waals surface area contributed by atoms with Crippen LogP contribution in [0.25, 0.3) is 0 Å². The molecule has 3 nitrogen and oxygen atoms in total. The van der Waals surface area contributed by atoms with Crippen molar-refractivity contribution in [2.45, 2.75) is 57.8 Å². The number of hydrogen-bond acceptors (Lipinski definition) is 2. The molecule has 0 unspecified atom stereocenters. The van der Waals surface area contributed by atoms with E-state index < -0.39 is 0 Å². The summed E-state index contributed by atoms with van der Waals surface area (Å²) in [5.41, 5.74) is 6.10. The van der Waals surface area contributed by atoms with E-state index in [9.17, 15) is 4.79 Å². The molecule has 2 aliphatic rings. The fraction of sp³-hybridized carbons (Fsp3) is 0.933. The van der Waals surface area contributed by atoms with Gasteiger partial charge in [-0.25, -0.2) is 0 Å². The Morgan fingerprint density at radius 3 is 2.44 bits per heavy atom. The van der Waals surface area contributed by atoms with Gasteiger partial charge in [0, 0.05) is 25.4 Å². The van der Waals surface area contributed by atoms with Crippen molar-refractivity contribution in [2.24, 2.45) is 17.1 Å². The minimum absolute atomic E-state index is 0.248. The van der Waals surface area contributed by atoms with E-state index in [1.54, 1.807) is 0 Å². The minimum atomic E-state index is 0.248. The molecule has 18 heavy (non-hydrogen) atoms. The third-order valence-corrected chi connectivity index (χ3v) is 5.09.